The molecule has 1 aromatic carbocycles. The summed E-state index contributed by atoms with van der Waals surface area (Å²) in [6.07, 6.45) is 2.25. The number of rotatable bonds is 2. The zero-order valence-electron chi connectivity index (χ0n) is 11.9. The fourth-order valence-corrected chi connectivity index (χ4v) is 2.85. The SMILES string of the molecule is CC(=O)C1=C(C)Cc2ncnn2C1c1ccc(C)cc1. The highest BCUT2D eigenvalue weighted by molar-refractivity contribution is 5.95. The highest BCUT2D eigenvalue weighted by Gasteiger charge is 2.31. The second-order valence-electron chi connectivity index (χ2n) is 5.36. The quantitative estimate of drug-likeness (QED) is 0.840. The summed E-state index contributed by atoms with van der Waals surface area (Å²) < 4.78 is 1.87. The van der Waals surface area contributed by atoms with Crippen molar-refractivity contribution in [3.05, 3.63) is 58.7 Å². The summed E-state index contributed by atoms with van der Waals surface area (Å²) in [5, 5.41) is 4.32. The van der Waals surface area contributed by atoms with Gasteiger partial charge in [0.1, 0.15) is 18.2 Å². The van der Waals surface area contributed by atoms with Gasteiger partial charge in [-0.2, -0.15) is 5.10 Å². The van der Waals surface area contributed by atoms with E-state index in [1.54, 1.807) is 13.3 Å². The van der Waals surface area contributed by atoms with E-state index in [-0.39, 0.29) is 11.8 Å². The van der Waals surface area contributed by atoms with Crippen LogP contribution in [0.1, 0.15) is 36.8 Å². The maximum atomic E-state index is 12.1. The lowest BCUT2D eigenvalue weighted by molar-refractivity contribution is -0.114. The molecule has 0 spiro atoms. The van der Waals surface area contributed by atoms with E-state index in [1.165, 1.54) is 5.56 Å². The third-order valence-electron chi connectivity index (χ3n) is 3.82. The number of ketones is 1. The van der Waals surface area contributed by atoms with Crippen LogP contribution in [0.3, 0.4) is 0 Å². The first-order chi connectivity index (χ1) is 9.58. The van der Waals surface area contributed by atoms with Gasteiger partial charge in [-0.1, -0.05) is 35.4 Å². The molecule has 0 radical (unpaired) electrons. The molecule has 0 amide bonds. The van der Waals surface area contributed by atoms with Crippen molar-refractivity contribution >= 4 is 5.78 Å². The van der Waals surface area contributed by atoms with Crippen molar-refractivity contribution in [2.24, 2.45) is 0 Å². The molecule has 1 aliphatic rings. The van der Waals surface area contributed by atoms with Crippen LogP contribution in [0, 0.1) is 6.92 Å². The normalized spacial score (nSPS) is 18.1. The molecule has 1 aliphatic heterocycles. The molecule has 1 aromatic heterocycles. The predicted molar refractivity (Wildman–Crippen MR) is 76.4 cm³/mol. The number of aryl methyl sites for hydroxylation is 1. The number of hydrogen-bond donors (Lipinski definition) is 0. The maximum Gasteiger partial charge on any atom is 0.158 e. The molecule has 4 heteroatoms. The summed E-state index contributed by atoms with van der Waals surface area (Å²) in [7, 11) is 0. The first-order valence-electron chi connectivity index (χ1n) is 6.73. The minimum atomic E-state index is -0.153. The van der Waals surface area contributed by atoms with E-state index in [0.29, 0.717) is 6.42 Å². The Kier molecular flexibility index (Phi) is 3.01. The average molecular weight is 267 g/mol. The van der Waals surface area contributed by atoms with Gasteiger partial charge in [-0.3, -0.25) is 4.79 Å². The van der Waals surface area contributed by atoms with E-state index in [2.05, 4.69) is 41.3 Å². The van der Waals surface area contributed by atoms with E-state index in [1.807, 2.05) is 11.6 Å². The van der Waals surface area contributed by atoms with Crippen LogP contribution in [-0.2, 0) is 11.2 Å². The number of hydrogen-bond acceptors (Lipinski definition) is 3. The highest BCUT2D eigenvalue weighted by Crippen LogP contribution is 2.34. The van der Waals surface area contributed by atoms with Crippen molar-refractivity contribution < 1.29 is 4.79 Å². The molecular formula is C16H17N3O. The van der Waals surface area contributed by atoms with E-state index in [4.69, 9.17) is 0 Å². The van der Waals surface area contributed by atoms with Crippen LogP contribution in [0.15, 0.2) is 41.7 Å². The van der Waals surface area contributed by atoms with Crippen LogP contribution in [0.5, 0.6) is 0 Å². The molecule has 102 valence electrons. The fraction of sp³-hybridized carbons (Fsp3) is 0.312. The topological polar surface area (TPSA) is 47.8 Å². The molecule has 0 N–H and O–H groups in total. The minimum Gasteiger partial charge on any atom is -0.295 e. The van der Waals surface area contributed by atoms with Gasteiger partial charge in [0.05, 0.1) is 0 Å². The van der Waals surface area contributed by atoms with E-state index in [0.717, 1.165) is 22.5 Å². The van der Waals surface area contributed by atoms with Gasteiger partial charge >= 0.3 is 0 Å². The van der Waals surface area contributed by atoms with E-state index >= 15 is 0 Å². The number of Topliss-reactive ketones (excluding diaryl/α,β-unsaturated/α-hetero) is 1. The van der Waals surface area contributed by atoms with Gasteiger partial charge in [0, 0.05) is 12.0 Å². The van der Waals surface area contributed by atoms with E-state index in [9.17, 15) is 4.79 Å². The van der Waals surface area contributed by atoms with Gasteiger partial charge in [0.2, 0.25) is 0 Å². The van der Waals surface area contributed by atoms with Crippen molar-refractivity contribution in [1.29, 1.82) is 0 Å². The summed E-state index contributed by atoms with van der Waals surface area (Å²) in [5.41, 5.74) is 4.20. The molecule has 0 bridgehead atoms. The number of benzene rings is 1. The van der Waals surface area contributed by atoms with Crippen LogP contribution in [0.4, 0.5) is 0 Å². The van der Waals surface area contributed by atoms with Gasteiger partial charge in [-0.25, -0.2) is 9.67 Å². The molecule has 0 saturated carbocycles. The Morgan fingerprint density at radius 2 is 1.95 bits per heavy atom. The Labute approximate surface area is 118 Å². The first-order valence-corrected chi connectivity index (χ1v) is 6.73. The van der Waals surface area contributed by atoms with Crippen LogP contribution in [0.2, 0.25) is 0 Å². The molecule has 1 unspecified atom stereocenters. The molecule has 3 rings (SSSR count). The number of allylic oxidation sites excluding steroid dienone is 2. The summed E-state index contributed by atoms with van der Waals surface area (Å²) in [4.78, 5) is 16.4. The van der Waals surface area contributed by atoms with Crippen molar-refractivity contribution in [3.63, 3.8) is 0 Å². The molecular weight excluding hydrogens is 250 g/mol. The average Bonchev–Trinajstić information content (AvgIpc) is 2.85. The molecule has 2 aromatic rings. The van der Waals surface area contributed by atoms with Crippen LogP contribution >= 0.6 is 0 Å². The molecule has 0 fully saturated rings. The Morgan fingerprint density at radius 3 is 2.60 bits per heavy atom. The smallest absolute Gasteiger partial charge is 0.158 e. The monoisotopic (exact) mass is 267 g/mol. The molecule has 1 atom stereocenters. The molecule has 0 aliphatic carbocycles. The number of carbonyl (C=O) groups is 1. The van der Waals surface area contributed by atoms with Crippen LogP contribution in [-0.4, -0.2) is 20.5 Å². The fourth-order valence-electron chi connectivity index (χ4n) is 2.85. The van der Waals surface area contributed by atoms with Crippen LogP contribution in [0.25, 0.3) is 0 Å². The van der Waals surface area contributed by atoms with Gasteiger partial charge in [-0.05, 0) is 26.3 Å². The largest absolute Gasteiger partial charge is 0.295 e. The Morgan fingerprint density at radius 1 is 1.25 bits per heavy atom. The predicted octanol–water partition coefficient (Wildman–Crippen LogP) is 2.64. The third kappa shape index (κ3) is 1.97. The Bertz CT molecular complexity index is 695. The third-order valence-corrected chi connectivity index (χ3v) is 3.82. The second kappa shape index (κ2) is 4.71. The van der Waals surface area contributed by atoms with Crippen molar-refractivity contribution in [2.45, 2.75) is 33.2 Å². The number of nitrogens with zero attached hydrogens (tertiary/aromatic N) is 3. The highest BCUT2D eigenvalue weighted by atomic mass is 16.1. The maximum absolute atomic E-state index is 12.1. The lowest BCUT2D eigenvalue weighted by Gasteiger charge is -2.27. The zero-order chi connectivity index (χ0) is 14.3. The summed E-state index contributed by atoms with van der Waals surface area (Å²) >= 11 is 0. The molecule has 4 nitrogen and oxygen atoms in total. The van der Waals surface area contributed by atoms with Gasteiger partial charge in [0.15, 0.2) is 5.78 Å². The number of carbonyl (C=O) groups excluding carboxylic acids is 1. The lowest BCUT2D eigenvalue weighted by Crippen LogP contribution is -2.26. The standard InChI is InChI=1S/C16H17N3O/c1-10-4-6-13(7-5-10)16-15(12(3)20)11(2)8-14-17-9-18-19(14)16/h4-7,9,16H,8H2,1-3H3. The first kappa shape index (κ1) is 12.8. The van der Waals surface area contributed by atoms with Crippen LogP contribution < -0.4 is 0 Å². The van der Waals surface area contributed by atoms with Crippen molar-refractivity contribution in [3.8, 4) is 0 Å². The molecule has 2 heterocycles. The lowest BCUT2D eigenvalue weighted by atomic mass is 9.88. The van der Waals surface area contributed by atoms with Gasteiger partial charge in [-0.15, -0.1) is 0 Å². The summed E-state index contributed by atoms with van der Waals surface area (Å²) in [6, 6.07) is 8.10. The number of fused-ring (bicyclic) bond motifs is 1. The second-order valence-corrected chi connectivity index (χ2v) is 5.36. The zero-order valence-corrected chi connectivity index (χ0v) is 11.9. The van der Waals surface area contributed by atoms with Gasteiger partial charge in [0.25, 0.3) is 0 Å². The van der Waals surface area contributed by atoms with Gasteiger partial charge < -0.3 is 0 Å². The Balaban J connectivity index is 2.19. The summed E-state index contributed by atoms with van der Waals surface area (Å²) in [6.45, 7) is 5.69. The molecule has 20 heavy (non-hydrogen) atoms. The van der Waals surface area contributed by atoms with E-state index < -0.39 is 0 Å². The molecule has 0 saturated heterocycles. The Hall–Kier alpha value is -2.23. The minimum absolute atomic E-state index is 0.106. The summed E-state index contributed by atoms with van der Waals surface area (Å²) in [5.74, 6) is 1.02. The number of aromatic nitrogens is 3. The van der Waals surface area contributed by atoms with Crippen molar-refractivity contribution in [1.82, 2.24) is 14.8 Å². The van der Waals surface area contributed by atoms with Crippen molar-refractivity contribution in [2.75, 3.05) is 0 Å².